The number of furan rings is 1. The SMILES string of the molecule is CC(C)NCc1coc(CN2CCS(=O)CC2)c1. The lowest BCUT2D eigenvalue weighted by Crippen LogP contribution is -2.37. The Hall–Kier alpha value is -0.650. The van der Waals surface area contributed by atoms with Gasteiger partial charge in [0.15, 0.2) is 0 Å². The van der Waals surface area contributed by atoms with E-state index in [1.165, 1.54) is 5.56 Å². The monoisotopic (exact) mass is 270 g/mol. The van der Waals surface area contributed by atoms with Gasteiger partial charge in [0.1, 0.15) is 5.76 Å². The van der Waals surface area contributed by atoms with Crippen LogP contribution in [0.15, 0.2) is 16.7 Å². The summed E-state index contributed by atoms with van der Waals surface area (Å²) in [5.74, 6) is 2.59. The molecule has 0 amide bonds. The van der Waals surface area contributed by atoms with Crippen LogP contribution in [-0.2, 0) is 23.9 Å². The standard InChI is InChI=1S/C13H22N2O2S/c1-11(2)14-8-12-7-13(17-10-12)9-15-3-5-18(16)6-4-15/h7,10-11,14H,3-6,8-9H2,1-2H3. The van der Waals surface area contributed by atoms with Crippen molar-refractivity contribution in [3.63, 3.8) is 0 Å². The molecule has 1 saturated heterocycles. The fourth-order valence-corrected chi connectivity index (χ4v) is 3.11. The summed E-state index contributed by atoms with van der Waals surface area (Å²) in [6.07, 6.45) is 1.83. The normalized spacial score (nSPS) is 18.6. The van der Waals surface area contributed by atoms with Crippen LogP contribution in [0.5, 0.6) is 0 Å². The Balaban J connectivity index is 1.81. The minimum atomic E-state index is -0.604. The van der Waals surface area contributed by atoms with Gasteiger partial charge >= 0.3 is 0 Å². The number of nitrogens with zero attached hydrogens (tertiary/aromatic N) is 1. The van der Waals surface area contributed by atoms with Gasteiger partial charge in [-0.1, -0.05) is 13.8 Å². The molecule has 2 rings (SSSR count). The van der Waals surface area contributed by atoms with Crippen molar-refractivity contribution in [2.24, 2.45) is 0 Å². The Labute approximate surface area is 111 Å². The molecule has 1 aliphatic rings. The zero-order chi connectivity index (χ0) is 13.0. The number of hydrogen-bond donors (Lipinski definition) is 1. The van der Waals surface area contributed by atoms with Crippen molar-refractivity contribution in [2.75, 3.05) is 24.6 Å². The van der Waals surface area contributed by atoms with Crippen molar-refractivity contribution >= 4 is 10.8 Å². The quantitative estimate of drug-likeness (QED) is 0.877. The van der Waals surface area contributed by atoms with E-state index in [0.29, 0.717) is 6.04 Å². The minimum absolute atomic E-state index is 0.487. The first kappa shape index (κ1) is 13.8. The van der Waals surface area contributed by atoms with Gasteiger partial charge in [-0.15, -0.1) is 0 Å². The Kier molecular flexibility index (Phi) is 4.97. The van der Waals surface area contributed by atoms with Crippen molar-refractivity contribution < 1.29 is 8.63 Å². The molecule has 1 N–H and O–H groups in total. The van der Waals surface area contributed by atoms with E-state index in [1.807, 2.05) is 6.26 Å². The average Bonchev–Trinajstić information content (AvgIpc) is 2.77. The smallest absolute Gasteiger partial charge is 0.118 e. The second kappa shape index (κ2) is 6.50. The summed E-state index contributed by atoms with van der Waals surface area (Å²) in [6.45, 7) is 7.77. The molecule has 0 spiro atoms. The molecule has 18 heavy (non-hydrogen) atoms. The van der Waals surface area contributed by atoms with Crippen LogP contribution in [0.25, 0.3) is 0 Å². The highest BCUT2D eigenvalue weighted by molar-refractivity contribution is 7.85. The fraction of sp³-hybridized carbons (Fsp3) is 0.692. The van der Waals surface area contributed by atoms with E-state index < -0.39 is 10.8 Å². The highest BCUT2D eigenvalue weighted by atomic mass is 32.2. The highest BCUT2D eigenvalue weighted by Crippen LogP contribution is 2.12. The van der Waals surface area contributed by atoms with Crippen LogP contribution < -0.4 is 5.32 Å². The third kappa shape index (κ3) is 4.23. The van der Waals surface area contributed by atoms with Crippen molar-refractivity contribution in [1.29, 1.82) is 0 Å². The summed E-state index contributed by atoms with van der Waals surface area (Å²) in [5, 5.41) is 3.37. The molecule has 1 fully saturated rings. The van der Waals surface area contributed by atoms with Crippen LogP contribution in [0.1, 0.15) is 25.2 Å². The van der Waals surface area contributed by atoms with Gasteiger partial charge in [0, 0.05) is 53.5 Å². The largest absolute Gasteiger partial charge is 0.468 e. The number of hydrogen-bond acceptors (Lipinski definition) is 4. The average molecular weight is 270 g/mol. The van der Waals surface area contributed by atoms with Gasteiger partial charge in [-0.3, -0.25) is 9.11 Å². The zero-order valence-corrected chi connectivity index (χ0v) is 12.0. The van der Waals surface area contributed by atoms with Crippen LogP contribution in [0.3, 0.4) is 0 Å². The van der Waals surface area contributed by atoms with E-state index in [2.05, 4.69) is 30.1 Å². The molecule has 1 aromatic heterocycles. The summed E-state index contributed by atoms with van der Waals surface area (Å²) in [5.41, 5.74) is 1.19. The topological polar surface area (TPSA) is 45.5 Å². The van der Waals surface area contributed by atoms with Crippen LogP contribution in [-0.4, -0.2) is 39.7 Å². The van der Waals surface area contributed by atoms with Gasteiger partial charge in [0.05, 0.1) is 12.8 Å². The Morgan fingerprint density at radius 1 is 1.44 bits per heavy atom. The van der Waals surface area contributed by atoms with E-state index in [-0.39, 0.29) is 0 Å². The van der Waals surface area contributed by atoms with E-state index >= 15 is 0 Å². The third-order valence-corrected chi connectivity index (χ3v) is 4.35. The first-order valence-corrected chi connectivity index (χ1v) is 7.99. The van der Waals surface area contributed by atoms with E-state index in [1.54, 1.807) is 0 Å². The lowest BCUT2D eigenvalue weighted by Gasteiger charge is -2.24. The second-order valence-electron chi connectivity index (χ2n) is 5.08. The first-order chi connectivity index (χ1) is 8.63. The predicted molar refractivity (Wildman–Crippen MR) is 73.8 cm³/mol. The van der Waals surface area contributed by atoms with Gasteiger partial charge in [0.2, 0.25) is 0 Å². The summed E-state index contributed by atoms with van der Waals surface area (Å²) in [7, 11) is -0.604. The second-order valence-corrected chi connectivity index (χ2v) is 6.78. The molecule has 0 radical (unpaired) electrons. The van der Waals surface area contributed by atoms with Gasteiger partial charge in [-0.25, -0.2) is 0 Å². The molecule has 1 aliphatic heterocycles. The molecule has 5 heteroatoms. The van der Waals surface area contributed by atoms with E-state index in [0.717, 1.165) is 43.4 Å². The molecule has 0 atom stereocenters. The molecule has 0 aromatic carbocycles. The predicted octanol–water partition coefficient (Wildman–Crippen LogP) is 1.34. The lowest BCUT2D eigenvalue weighted by atomic mass is 10.2. The van der Waals surface area contributed by atoms with Gasteiger partial charge in [0.25, 0.3) is 0 Å². The minimum Gasteiger partial charge on any atom is -0.468 e. The lowest BCUT2D eigenvalue weighted by molar-refractivity contribution is 0.265. The zero-order valence-electron chi connectivity index (χ0n) is 11.1. The maximum absolute atomic E-state index is 11.3. The Morgan fingerprint density at radius 2 is 2.17 bits per heavy atom. The van der Waals surface area contributed by atoms with Crippen LogP contribution in [0, 0.1) is 0 Å². The summed E-state index contributed by atoms with van der Waals surface area (Å²) in [6, 6.07) is 2.60. The maximum atomic E-state index is 11.3. The fourth-order valence-electron chi connectivity index (χ4n) is 1.98. The van der Waals surface area contributed by atoms with Crippen molar-refractivity contribution in [3.05, 3.63) is 23.7 Å². The molecule has 0 saturated carbocycles. The van der Waals surface area contributed by atoms with E-state index in [9.17, 15) is 4.21 Å². The molecule has 102 valence electrons. The van der Waals surface area contributed by atoms with Crippen LogP contribution in [0.2, 0.25) is 0 Å². The maximum Gasteiger partial charge on any atom is 0.118 e. The molecule has 1 aromatic rings. The summed E-state index contributed by atoms with van der Waals surface area (Å²) in [4.78, 5) is 2.31. The summed E-state index contributed by atoms with van der Waals surface area (Å²) < 4.78 is 16.8. The molecule has 4 nitrogen and oxygen atoms in total. The number of rotatable bonds is 5. The highest BCUT2D eigenvalue weighted by Gasteiger charge is 2.16. The third-order valence-electron chi connectivity index (χ3n) is 3.07. The van der Waals surface area contributed by atoms with Gasteiger partial charge in [-0.05, 0) is 6.07 Å². The van der Waals surface area contributed by atoms with Crippen molar-refractivity contribution in [2.45, 2.75) is 33.0 Å². The molecule has 0 unspecified atom stereocenters. The van der Waals surface area contributed by atoms with E-state index in [4.69, 9.17) is 4.42 Å². The Bertz CT molecular complexity index is 393. The first-order valence-electron chi connectivity index (χ1n) is 6.50. The van der Waals surface area contributed by atoms with Crippen LogP contribution in [0.4, 0.5) is 0 Å². The van der Waals surface area contributed by atoms with Crippen molar-refractivity contribution in [3.8, 4) is 0 Å². The molecular formula is C13H22N2O2S. The Morgan fingerprint density at radius 3 is 2.83 bits per heavy atom. The molecular weight excluding hydrogens is 248 g/mol. The van der Waals surface area contributed by atoms with Crippen molar-refractivity contribution in [1.82, 2.24) is 10.2 Å². The molecule has 0 bridgehead atoms. The number of nitrogens with one attached hydrogen (secondary N) is 1. The van der Waals surface area contributed by atoms with Gasteiger partial charge in [-0.2, -0.15) is 0 Å². The molecule has 2 heterocycles. The van der Waals surface area contributed by atoms with Gasteiger partial charge < -0.3 is 9.73 Å². The molecule has 0 aliphatic carbocycles. The summed E-state index contributed by atoms with van der Waals surface area (Å²) >= 11 is 0. The van der Waals surface area contributed by atoms with Crippen LogP contribution >= 0.6 is 0 Å².